The number of nitrogens with zero attached hydrogens (tertiary/aromatic N) is 4. The van der Waals surface area contributed by atoms with Gasteiger partial charge >= 0.3 is 5.69 Å². The van der Waals surface area contributed by atoms with Gasteiger partial charge in [-0.2, -0.15) is 5.10 Å². The number of ether oxygens (including phenoxy) is 2. The quantitative estimate of drug-likeness (QED) is 0.517. The van der Waals surface area contributed by atoms with Crippen LogP contribution in [0.2, 0.25) is 0 Å². The van der Waals surface area contributed by atoms with E-state index in [0.29, 0.717) is 43.3 Å². The van der Waals surface area contributed by atoms with Crippen LogP contribution < -0.4 is 15.2 Å². The molecule has 2 aromatic heterocycles. The van der Waals surface area contributed by atoms with E-state index < -0.39 is 10.0 Å². The maximum Gasteiger partial charge on any atom is 0.351 e. The summed E-state index contributed by atoms with van der Waals surface area (Å²) in [5, 5.41) is 7.42. The highest BCUT2D eigenvalue weighted by molar-refractivity contribution is 7.88. The normalized spacial score (nSPS) is 15.7. The van der Waals surface area contributed by atoms with Gasteiger partial charge in [0.05, 0.1) is 27.0 Å². The van der Waals surface area contributed by atoms with Gasteiger partial charge in [-0.1, -0.05) is 0 Å². The van der Waals surface area contributed by atoms with E-state index >= 15 is 0 Å². The average Bonchev–Trinajstić information content (AvgIpc) is 3.41. The minimum atomic E-state index is -3.22. The average molecular weight is 479 g/mol. The highest BCUT2D eigenvalue weighted by Gasteiger charge is 2.30. The van der Waals surface area contributed by atoms with Gasteiger partial charge in [0.15, 0.2) is 0 Å². The molecule has 0 aliphatic carbocycles. The molecule has 1 aliphatic rings. The molecule has 1 aliphatic heterocycles. The van der Waals surface area contributed by atoms with Gasteiger partial charge in [-0.3, -0.25) is 0 Å². The molecule has 0 radical (unpaired) electrons. The zero-order valence-electron chi connectivity index (χ0n) is 18.2. The van der Waals surface area contributed by atoms with Crippen LogP contribution in [0.25, 0.3) is 5.00 Å². The van der Waals surface area contributed by atoms with Crippen molar-refractivity contribution in [2.45, 2.75) is 25.3 Å². The molecule has 1 saturated heterocycles. The number of hydrogen-bond donors (Lipinski definition) is 0. The Labute approximate surface area is 190 Å². The Morgan fingerprint density at radius 3 is 2.31 bits per heavy atom. The third kappa shape index (κ3) is 4.59. The molecule has 0 unspecified atom stereocenters. The van der Waals surface area contributed by atoms with Crippen molar-refractivity contribution >= 4 is 21.4 Å². The Bertz CT molecular complexity index is 1220. The Balaban J connectivity index is 1.70. The smallest absolute Gasteiger partial charge is 0.351 e. The molecule has 172 valence electrons. The predicted molar refractivity (Wildman–Crippen MR) is 123 cm³/mol. The SMILES string of the molecule is COc1cc(Cn2nc(C3CCN(S(C)(=O)=O)CC3)n(-c3cccs3)c2=O)cc(OC)c1. The highest BCUT2D eigenvalue weighted by atomic mass is 32.2. The molecule has 0 atom stereocenters. The molecule has 0 spiro atoms. The molecule has 3 aromatic rings. The maximum absolute atomic E-state index is 13.4. The van der Waals surface area contributed by atoms with Crippen LogP contribution in [0.15, 0.2) is 40.5 Å². The summed E-state index contributed by atoms with van der Waals surface area (Å²) in [6.07, 6.45) is 2.45. The first kappa shape index (κ1) is 22.6. The Morgan fingerprint density at radius 1 is 1.12 bits per heavy atom. The summed E-state index contributed by atoms with van der Waals surface area (Å²) in [6, 6.07) is 9.26. The standard InChI is InChI=1S/C21H26N4O5S2/c1-29-17-11-15(12-18(13-17)30-2)14-24-21(26)25(19-5-4-10-31-19)20(22-24)16-6-8-23(9-7-16)32(3,27)28/h4-5,10-13,16H,6-9,14H2,1-3H3. The summed E-state index contributed by atoms with van der Waals surface area (Å²) in [6.45, 7) is 1.10. The van der Waals surface area contributed by atoms with Gasteiger partial charge in [0.2, 0.25) is 10.0 Å². The maximum atomic E-state index is 13.4. The molecule has 3 heterocycles. The summed E-state index contributed by atoms with van der Waals surface area (Å²) in [5.41, 5.74) is 0.604. The summed E-state index contributed by atoms with van der Waals surface area (Å²) in [7, 11) is -0.0631. The number of methoxy groups -OCH3 is 2. The van der Waals surface area contributed by atoms with Crippen molar-refractivity contribution in [1.29, 1.82) is 0 Å². The van der Waals surface area contributed by atoms with Gasteiger partial charge < -0.3 is 9.47 Å². The fraction of sp³-hybridized carbons (Fsp3) is 0.429. The second-order valence-electron chi connectivity index (χ2n) is 7.74. The number of rotatable bonds is 7. The number of aromatic nitrogens is 3. The molecule has 0 N–H and O–H groups in total. The topological polar surface area (TPSA) is 95.7 Å². The number of piperidine rings is 1. The number of benzene rings is 1. The fourth-order valence-corrected chi connectivity index (χ4v) is 5.58. The molecule has 1 aromatic carbocycles. The Morgan fingerprint density at radius 2 is 1.78 bits per heavy atom. The van der Waals surface area contributed by atoms with Crippen LogP contribution in [-0.4, -0.2) is 60.6 Å². The van der Waals surface area contributed by atoms with Crippen molar-refractivity contribution in [1.82, 2.24) is 18.7 Å². The summed E-state index contributed by atoms with van der Waals surface area (Å²) >= 11 is 1.47. The van der Waals surface area contributed by atoms with Gasteiger partial charge in [-0.05, 0) is 48.1 Å². The summed E-state index contributed by atoms with van der Waals surface area (Å²) in [5.74, 6) is 1.93. The molecule has 0 amide bonds. The van der Waals surface area contributed by atoms with Gasteiger partial charge in [0.1, 0.15) is 22.3 Å². The van der Waals surface area contributed by atoms with Crippen LogP contribution in [0.5, 0.6) is 11.5 Å². The molecule has 0 bridgehead atoms. The van der Waals surface area contributed by atoms with Crippen molar-refractivity contribution in [3.05, 3.63) is 57.6 Å². The van der Waals surface area contributed by atoms with Crippen molar-refractivity contribution in [2.24, 2.45) is 0 Å². The van der Waals surface area contributed by atoms with E-state index in [0.717, 1.165) is 10.6 Å². The van der Waals surface area contributed by atoms with E-state index in [1.165, 1.54) is 26.6 Å². The lowest BCUT2D eigenvalue weighted by molar-refractivity contribution is 0.313. The third-order valence-electron chi connectivity index (χ3n) is 5.62. The van der Waals surface area contributed by atoms with Crippen molar-refractivity contribution in [3.8, 4) is 16.5 Å². The van der Waals surface area contributed by atoms with Crippen molar-refractivity contribution in [3.63, 3.8) is 0 Å². The molecular formula is C21H26N4O5S2. The van der Waals surface area contributed by atoms with Crippen LogP contribution in [-0.2, 0) is 16.6 Å². The monoisotopic (exact) mass is 478 g/mol. The molecule has 1 fully saturated rings. The first-order chi connectivity index (χ1) is 15.3. The molecule has 32 heavy (non-hydrogen) atoms. The van der Waals surface area contributed by atoms with Crippen LogP contribution in [0.3, 0.4) is 0 Å². The molecular weight excluding hydrogens is 452 g/mol. The Hall–Kier alpha value is -2.63. The van der Waals surface area contributed by atoms with Crippen molar-refractivity contribution in [2.75, 3.05) is 33.6 Å². The predicted octanol–water partition coefficient (Wildman–Crippen LogP) is 2.30. The number of hydrogen-bond acceptors (Lipinski definition) is 7. The number of sulfonamides is 1. The Kier molecular flexibility index (Phi) is 6.40. The second kappa shape index (κ2) is 9.08. The van der Waals surface area contributed by atoms with E-state index in [1.807, 2.05) is 29.6 Å². The lowest BCUT2D eigenvalue weighted by atomic mass is 9.97. The minimum Gasteiger partial charge on any atom is -0.497 e. The van der Waals surface area contributed by atoms with E-state index in [9.17, 15) is 13.2 Å². The molecule has 0 saturated carbocycles. The first-order valence-corrected chi connectivity index (χ1v) is 12.9. The largest absolute Gasteiger partial charge is 0.497 e. The van der Waals surface area contributed by atoms with Gasteiger partial charge in [-0.25, -0.2) is 26.8 Å². The van der Waals surface area contributed by atoms with Gasteiger partial charge in [0, 0.05) is 25.1 Å². The molecule has 4 rings (SSSR count). The zero-order valence-corrected chi connectivity index (χ0v) is 19.9. The lowest BCUT2D eigenvalue weighted by Gasteiger charge is -2.29. The highest BCUT2D eigenvalue weighted by Crippen LogP contribution is 2.30. The van der Waals surface area contributed by atoms with Crippen LogP contribution >= 0.6 is 11.3 Å². The second-order valence-corrected chi connectivity index (χ2v) is 10.7. The number of thiophene rings is 1. The van der Waals surface area contributed by atoms with Gasteiger partial charge in [0.25, 0.3) is 0 Å². The van der Waals surface area contributed by atoms with Crippen molar-refractivity contribution < 1.29 is 17.9 Å². The lowest BCUT2D eigenvalue weighted by Crippen LogP contribution is -2.37. The first-order valence-electron chi connectivity index (χ1n) is 10.2. The van der Waals surface area contributed by atoms with Crippen LogP contribution in [0.1, 0.15) is 30.1 Å². The summed E-state index contributed by atoms with van der Waals surface area (Å²) in [4.78, 5) is 13.4. The van der Waals surface area contributed by atoms with Gasteiger partial charge in [-0.15, -0.1) is 11.3 Å². The van der Waals surface area contributed by atoms with E-state index in [4.69, 9.17) is 14.6 Å². The molecule has 11 heteroatoms. The van der Waals surface area contributed by atoms with E-state index in [1.54, 1.807) is 24.9 Å². The van der Waals surface area contributed by atoms with Crippen LogP contribution in [0.4, 0.5) is 0 Å². The fourth-order valence-electron chi connectivity index (χ4n) is 3.97. The summed E-state index contributed by atoms with van der Waals surface area (Å²) < 4.78 is 39.0. The molecule has 9 nitrogen and oxygen atoms in total. The van der Waals surface area contributed by atoms with E-state index in [2.05, 4.69) is 0 Å². The van der Waals surface area contributed by atoms with Crippen LogP contribution in [0, 0.1) is 0 Å². The third-order valence-corrected chi connectivity index (χ3v) is 7.78. The minimum absolute atomic E-state index is 0.0103. The van der Waals surface area contributed by atoms with E-state index in [-0.39, 0.29) is 18.2 Å². The zero-order chi connectivity index (χ0) is 22.9.